The summed E-state index contributed by atoms with van der Waals surface area (Å²) < 4.78 is 12.8. The molecule has 108 valence electrons. The van der Waals surface area contributed by atoms with Gasteiger partial charge in [0, 0.05) is 0 Å². The predicted molar refractivity (Wildman–Crippen MR) is 90.6 cm³/mol. The molecule has 2 nitrogen and oxygen atoms in total. The van der Waals surface area contributed by atoms with E-state index >= 15 is 0 Å². The van der Waals surface area contributed by atoms with Crippen molar-refractivity contribution in [3.63, 3.8) is 0 Å². The van der Waals surface area contributed by atoms with E-state index < -0.39 is 25.2 Å². The molecule has 0 bridgehead atoms. The Morgan fingerprint density at radius 1 is 0.789 bits per heavy atom. The minimum absolute atomic E-state index is 1.05. The minimum Gasteiger partial charge on any atom is -0.437 e. The lowest BCUT2D eigenvalue weighted by molar-refractivity contribution is 0.392. The third-order valence-corrected chi connectivity index (χ3v) is 12.4. The van der Waals surface area contributed by atoms with Crippen LogP contribution in [0.4, 0.5) is 0 Å². The van der Waals surface area contributed by atoms with Gasteiger partial charge in [-0.25, -0.2) is 0 Å². The molecule has 19 heavy (non-hydrogen) atoms. The molecule has 0 radical (unpaired) electrons. The van der Waals surface area contributed by atoms with Gasteiger partial charge >= 0.3 is 8.56 Å². The summed E-state index contributed by atoms with van der Waals surface area (Å²) in [5.74, 6) is 0. The van der Waals surface area contributed by atoms with E-state index in [1.807, 2.05) is 0 Å². The Morgan fingerprint density at radius 3 is 1.79 bits per heavy atom. The monoisotopic (exact) mass is 312 g/mol. The summed E-state index contributed by atoms with van der Waals surface area (Å²) >= 11 is 0. The number of benzene rings is 1. The molecule has 0 unspecified atom stereocenters. The highest BCUT2D eigenvalue weighted by molar-refractivity contribution is 6.87. The molecular formula is C14H28O2Si3. The molecule has 0 aliphatic heterocycles. The zero-order valence-corrected chi connectivity index (χ0v) is 16.4. The van der Waals surface area contributed by atoms with Crippen LogP contribution in [0.3, 0.4) is 0 Å². The molecular weight excluding hydrogens is 284 g/mol. The maximum atomic E-state index is 6.50. The highest BCUT2D eigenvalue weighted by atomic mass is 28.5. The zero-order valence-electron chi connectivity index (χ0n) is 13.4. The van der Waals surface area contributed by atoms with E-state index in [1.165, 1.54) is 5.56 Å². The predicted octanol–water partition coefficient (Wildman–Crippen LogP) is 4.54. The average Bonchev–Trinajstić information content (AvgIpc) is 2.11. The fourth-order valence-corrected chi connectivity index (χ4v) is 15.8. The second-order valence-corrected chi connectivity index (χ2v) is 19.7. The van der Waals surface area contributed by atoms with Crippen LogP contribution in [0.25, 0.3) is 0 Å². The lowest BCUT2D eigenvalue weighted by atomic mass is 10.2. The topological polar surface area (TPSA) is 18.5 Å². The van der Waals surface area contributed by atoms with Gasteiger partial charge in [0.05, 0.1) is 0 Å². The van der Waals surface area contributed by atoms with E-state index in [0.29, 0.717) is 0 Å². The molecule has 1 rings (SSSR count). The summed E-state index contributed by atoms with van der Waals surface area (Å²) in [5.41, 5.74) is 1.37. The van der Waals surface area contributed by atoms with E-state index in [9.17, 15) is 0 Å². The lowest BCUT2D eigenvalue weighted by Crippen LogP contribution is -2.52. The fraction of sp³-hybridized carbons (Fsp3) is 0.571. The quantitative estimate of drug-likeness (QED) is 0.718. The van der Waals surface area contributed by atoms with Crippen molar-refractivity contribution in [2.24, 2.45) is 0 Å². The second-order valence-electron chi connectivity index (χ2n) is 7.14. The van der Waals surface area contributed by atoms with Crippen molar-refractivity contribution in [1.29, 1.82) is 0 Å². The van der Waals surface area contributed by atoms with Gasteiger partial charge in [0.2, 0.25) is 0 Å². The maximum Gasteiger partial charge on any atom is 0.311 e. The molecule has 0 amide bonds. The summed E-state index contributed by atoms with van der Waals surface area (Å²) in [5, 5.41) is 0. The first-order valence-corrected chi connectivity index (χ1v) is 16.3. The van der Waals surface area contributed by atoms with Gasteiger partial charge in [-0.2, -0.15) is 0 Å². The van der Waals surface area contributed by atoms with Gasteiger partial charge < -0.3 is 8.23 Å². The van der Waals surface area contributed by atoms with Crippen molar-refractivity contribution < 1.29 is 8.23 Å². The van der Waals surface area contributed by atoms with Gasteiger partial charge in [-0.05, 0) is 57.4 Å². The van der Waals surface area contributed by atoms with Crippen LogP contribution >= 0.6 is 0 Å². The van der Waals surface area contributed by atoms with E-state index in [1.54, 1.807) is 0 Å². The third kappa shape index (κ3) is 7.22. The first-order chi connectivity index (χ1) is 8.49. The Labute approximate surface area is 121 Å². The Morgan fingerprint density at radius 2 is 1.32 bits per heavy atom. The van der Waals surface area contributed by atoms with Gasteiger partial charge in [-0.3, -0.25) is 0 Å². The summed E-state index contributed by atoms with van der Waals surface area (Å²) in [6, 6.07) is 11.7. The fourth-order valence-electron chi connectivity index (χ4n) is 2.55. The standard InChI is InChI=1S/C14H28O2Si3/c1-17(2,3)15-19(6,7)16-18(4,5)13-14-11-9-8-10-12-14/h8-12H,13H2,1-7H3. The summed E-state index contributed by atoms with van der Waals surface area (Å²) in [6.07, 6.45) is 0. The first-order valence-electron chi connectivity index (χ1n) is 6.93. The van der Waals surface area contributed by atoms with Gasteiger partial charge in [0.25, 0.3) is 0 Å². The molecule has 0 spiro atoms. The van der Waals surface area contributed by atoms with Crippen LogP contribution in [0, 0.1) is 0 Å². The molecule has 0 N–H and O–H groups in total. The van der Waals surface area contributed by atoms with Crippen LogP contribution in [0.15, 0.2) is 30.3 Å². The van der Waals surface area contributed by atoms with Crippen molar-refractivity contribution in [1.82, 2.24) is 0 Å². The molecule has 0 heterocycles. The highest BCUT2D eigenvalue weighted by Gasteiger charge is 2.37. The smallest absolute Gasteiger partial charge is 0.311 e. The van der Waals surface area contributed by atoms with E-state index in [2.05, 4.69) is 76.2 Å². The molecule has 0 aliphatic carbocycles. The van der Waals surface area contributed by atoms with Gasteiger partial charge in [-0.15, -0.1) is 0 Å². The van der Waals surface area contributed by atoms with Crippen LogP contribution in [0.1, 0.15) is 5.56 Å². The van der Waals surface area contributed by atoms with Crippen LogP contribution < -0.4 is 0 Å². The Bertz CT molecular complexity index is 397. The highest BCUT2D eigenvalue weighted by Crippen LogP contribution is 2.22. The van der Waals surface area contributed by atoms with Gasteiger partial charge in [-0.1, -0.05) is 30.3 Å². The molecule has 1 aromatic carbocycles. The van der Waals surface area contributed by atoms with Crippen molar-refractivity contribution in [3.8, 4) is 0 Å². The van der Waals surface area contributed by atoms with E-state index in [-0.39, 0.29) is 0 Å². The number of hydrogen-bond donors (Lipinski definition) is 0. The minimum atomic E-state index is -2.00. The van der Waals surface area contributed by atoms with Crippen molar-refractivity contribution in [2.45, 2.75) is 51.9 Å². The Balaban J connectivity index is 2.68. The number of rotatable bonds is 6. The Kier molecular flexibility index (Phi) is 5.36. The first kappa shape index (κ1) is 16.8. The maximum absolute atomic E-state index is 6.50. The van der Waals surface area contributed by atoms with Crippen LogP contribution in [-0.2, 0) is 14.3 Å². The van der Waals surface area contributed by atoms with Crippen LogP contribution in [0.2, 0.25) is 45.8 Å². The van der Waals surface area contributed by atoms with Crippen molar-refractivity contribution >= 4 is 25.2 Å². The number of hydrogen-bond acceptors (Lipinski definition) is 2. The molecule has 0 saturated heterocycles. The molecule has 0 aromatic heterocycles. The SMILES string of the molecule is C[Si](C)(C)O[Si](C)(C)O[Si](C)(C)Cc1ccccc1. The molecule has 0 atom stereocenters. The van der Waals surface area contributed by atoms with Crippen molar-refractivity contribution in [2.75, 3.05) is 0 Å². The van der Waals surface area contributed by atoms with Gasteiger partial charge in [0.1, 0.15) is 0 Å². The summed E-state index contributed by atoms with van der Waals surface area (Å²) in [7, 11) is -5.25. The molecule has 0 aliphatic rings. The second kappa shape index (κ2) is 6.05. The molecule has 0 fully saturated rings. The largest absolute Gasteiger partial charge is 0.437 e. The molecule has 5 heteroatoms. The van der Waals surface area contributed by atoms with Crippen LogP contribution in [0.5, 0.6) is 0 Å². The lowest BCUT2D eigenvalue weighted by Gasteiger charge is -2.37. The third-order valence-electron chi connectivity index (χ3n) is 2.55. The molecule has 0 saturated carbocycles. The van der Waals surface area contributed by atoms with E-state index in [4.69, 9.17) is 8.23 Å². The van der Waals surface area contributed by atoms with Crippen LogP contribution in [-0.4, -0.2) is 25.2 Å². The molecule has 1 aromatic rings. The van der Waals surface area contributed by atoms with E-state index in [0.717, 1.165) is 6.04 Å². The summed E-state index contributed by atoms with van der Waals surface area (Å²) in [4.78, 5) is 0. The Hall–Kier alpha value is -0.209. The normalized spacial score (nSPS) is 13.6. The zero-order chi connectivity index (χ0) is 14.7. The average molecular weight is 313 g/mol. The van der Waals surface area contributed by atoms with Crippen molar-refractivity contribution in [3.05, 3.63) is 35.9 Å². The van der Waals surface area contributed by atoms with Gasteiger partial charge in [0.15, 0.2) is 16.6 Å². The summed E-state index contributed by atoms with van der Waals surface area (Å²) in [6.45, 7) is 15.7.